The lowest BCUT2D eigenvalue weighted by atomic mass is 10.4. The molecule has 0 heterocycles. The number of hydrogen-bond acceptors (Lipinski definition) is 3. The molecule has 0 radical (unpaired) electrons. The first-order chi connectivity index (χ1) is 4.16. The fourth-order valence-corrected chi connectivity index (χ4v) is 0.409. The van der Waals surface area contributed by atoms with Gasteiger partial charge in [0.25, 0.3) is 0 Å². The van der Waals surface area contributed by atoms with Gasteiger partial charge in [0.2, 0.25) is 0 Å². The quantitative estimate of drug-likeness (QED) is 0.443. The molecule has 3 nitrogen and oxygen atoms in total. The van der Waals surface area contributed by atoms with Crippen LogP contribution in [0.15, 0.2) is 12.0 Å². The van der Waals surface area contributed by atoms with Crippen LogP contribution < -0.4 is 5.73 Å². The number of carbonyl (C=O) groups is 1. The lowest BCUT2D eigenvalue weighted by Crippen LogP contribution is -2.04. The molecule has 0 amide bonds. The highest BCUT2D eigenvalue weighted by atomic mass is 16.5. The van der Waals surface area contributed by atoms with Crippen molar-refractivity contribution in [2.24, 2.45) is 5.73 Å². The highest BCUT2D eigenvalue weighted by molar-refractivity contribution is 5.87. The SMILES string of the molecule is CCO/C(N)=C/C(C)=O. The van der Waals surface area contributed by atoms with Crippen molar-refractivity contribution in [3.05, 3.63) is 12.0 Å². The maximum atomic E-state index is 10.3. The van der Waals surface area contributed by atoms with Gasteiger partial charge in [-0.2, -0.15) is 0 Å². The standard InChI is InChI=1S/C6H11NO2/c1-3-9-6(7)4-5(2)8/h4H,3,7H2,1-2H3/b6-4+. The van der Waals surface area contributed by atoms with E-state index in [4.69, 9.17) is 10.5 Å². The van der Waals surface area contributed by atoms with E-state index in [0.29, 0.717) is 6.61 Å². The van der Waals surface area contributed by atoms with E-state index in [2.05, 4.69) is 0 Å². The van der Waals surface area contributed by atoms with E-state index in [-0.39, 0.29) is 11.7 Å². The number of nitrogens with two attached hydrogens (primary N) is 1. The molecule has 0 spiro atoms. The highest BCUT2D eigenvalue weighted by Gasteiger charge is 1.89. The first-order valence-corrected chi connectivity index (χ1v) is 2.77. The summed E-state index contributed by atoms with van der Waals surface area (Å²) in [7, 11) is 0. The van der Waals surface area contributed by atoms with Gasteiger partial charge in [-0.15, -0.1) is 0 Å². The molecule has 0 aromatic heterocycles. The fraction of sp³-hybridized carbons (Fsp3) is 0.500. The van der Waals surface area contributed by atoms with Crippen molar-refractivity contribution >= 4 is 5.78 Å². The van der Waals surface area contributed by atoms with Crippen LogP contribution in [0.25, 0.3) is 0 Å². The molecule has 2 N–H and O–H groups in total. The fourth-order valence-electron chi connectivity index (χ4n) is 0.409. The van der Waals surface area contributed by atoms with E-state index in [9.17, 15) is 4.79 Å². The van der Waals surface area contributed by atoms with Crippen LogP contribution in [-0.4, -0.2) is 12.4 Å². The lowest BCUT2D eigenvalue weighted by molar-refractivity contribution is -0.112. The molecule has 0 aliphatic heterocycles. The Labute approximate surface area is 54.5 Å². The van der Waals surface area contributed by atoms with Crippen molar-refractivity contribution in [1.82, 2.24) is 0 Å². The van der Waals surface area contributed by atoms with Crippen molar-refractivity contribution in [2.75, 3.05) is 6.61 Å². The van der Waals surface area contributed by atoms with Gasteiger partial charge in [-0.1, -0.05) is 0 Å². The normalized spacial score (nSPS) is 11.1. The Bertz CT molecular complexity index is 129. The van der Waals surface area contributed by atoms with E-state index in [1.165, 1.54) is 13.0 Å². The molecule has 0 saturated carbocycles. The van der Waals surface area contributed by atoms with Gasteiger partial charge in [0.1, 0.15) is 0 Å². The average Bonchev–Trinajstić information content (AvgIpc) is 1.63. The molecule has 0 aliphatic carbocycles. The highest BCUT2D eigenvalue weighted by Crippen LogP contribution is 1.86. The first kappa shape index (κ1) is 8.01. The molecule has 0 fully saturated rings. The van der Waals surface area contributed by atoms with Crippen LogP contribution >= 0.6 is 0 Å². The molecule has 0 saturated heterocycles. The predicted molar refractivity (Wildman–Crippen MR) is 34.6 cm³/mol. The summed E-state index contributed by atoms with van der Waals surface area (Å²) >= 11 is 0. The molecular weight excluding hydrogens is 118 g/mol. The van der Waals surface area contributed by atoms with Gasteiger partial charge in [-0.3, -0.25) is 4.79 Å². The van der Waals surface area contributed by atoms with Crippen LogP contribution in [0, 0.1) is 0 Å². The minimum Gasteiger partial charge on any atom is -0.480 e. The Kier molecular flexibility index (Phi) is 3.51. The van der Waals surface area contributed by atoms with Crippen LogP contribution in [0.4, 0.5) is 0 Å². The molecular formula is C6H11NO2. The van der Waals surface area contributed by atoms with Crippen molar-refractivity contribution in [1.29, 1.82) is 0 Å². The van der Waals surface area contributed by atoms with Gasteiger partial charge in [-0.25, -0.2) is 0 Å². The largest absolute Gasteiger partial charge is 0.480 e. The van der Waals surface area contributed by atoms with Gasteiger partial charge >= 0.3 is 0 Å². The van der Waals surface area contributed by atoms with Crippen LogP contribution in [0.1, 0.15) is 13.8 Å². The summed E-state index contributed by atoms with van der Waals surface area (Å²) in [4.78, 5) is 10.3. The van der Waals surface area contributed by atoms with Crippen molar-refractivity contribution < 1.29 is 9.53 Å². The Balaban J connectivity index is 3.69. The molecule has 0 unspecified atom stereocenters. The first-order valence-electron chi connectivity index (χ1n) is 2.77. The second-order valence-corrected chi connectivity index (χ2v) is 1.59. The van der Waals surface area contributed by atoms with Gasteiger partial charge in [0.05, 0.1) is 6.61 Å². The molecule has 0 bridgehead atoms. The molecule has 52 valence electrons. The van der Waals surface area contributed by atoms with Crippen molar-refractivity contribution in [3.8, 4) is 0 Å². The van der Waals surface area contributed by atoms with Crippen LogP contribution in [-0.2, 0) is 9.53 Å². The van der Waals surface area contributed by atoms with Gasteiger partial charge in [0, 0.05) is 6.08 Å². The minimum atomic E-state index is -0.0963. The van der Waals surface area contributed by atoms with Crippen LogP contribution in [0.2, 0.25) is 0 Å². The van der Waals surface area contributed by atoms with Gasteiger partial charge in [-0.05, 0) is 13.8 Å². The zero-order valence-corrected chi connectivity index (χ0v) is 5.68. The zero-order valence-electron chi connectivity index (χ0n) is 5.68. The van der Waals surface area contributed by atoms with Crippen molar-refractivity contribution in [3.63, 3.8) is 0 Å². The second-order valence-electron chi connectivity index (χ2n) is 1.59. The maximum Gasteiger partial charge on any atom is 0.187 e. The van der Waals surface area contributed by atoms with E-state index in [1.54, 1.807) is 6.92 Å². The molecule has 0 aliphatic rings. The second kappa shape index (κ2) is 3.95. The summed E-state index contributed by atoms with van der Waals surface area (Å²) < 4.78 is 4.77. The Morgan fingerprint density at radius 3 is 2.67 bits per heavy atom. The Hall–Kier alpha value is -0.990. The van der Waals surface area contributed by atoms with Gasteiger partial charge < -0.3 is 10.5 Å². The average molecular weight is 129 g/mol. The number of rotatable bonds is 3. The zero-order chi connectivity index (χ0) is 7.28. The summed E-state index contributed by atoms with van der Waals surface area (Å²) in [5, 5.41) is 0. The minimum absolute atomic E-state index is 0.0963. The molecule has 3 heteroatoms. The monoisotopic (exact) mass is 129 g/mol. The third-order valence-electron chi connectivity index (χ3n) is 0.657. The van der Waals surface area contributed by atoms with E-state index >= 15 is 0 Å². The molecule has 9 heavy (non-hydrogen) atoms. The number of ketones is 1. The lowest BCUT2D eigenvalue weighted by Gasteiger charge is -1.98. The molecule has 0 aromatic carbocycles. The molecule has 0 aromatic rings. The smallest absolute Gasteiger partial charge is 0.187 e. The Morgan fingerprint density at radius 1 is 1.78 bits per heavy atom. The summed E-state index contributed by atoms with van der Waals surface area (Å²) in [6.07, 6.45) is 1.25. The van der Waals surface area contributed by atoms with Crippen LogP contribution in [0.3, 0.4) is 0 Å². The predicted octanol–water partition coefficient (Wildman–Crippen LogP) is 0.412. The van der Waals surface area contributed by atoms with Crippen molar-refractivity contribution in [2.45, 2.75) is 13.8 Å². The Morgan fingerprint density at radius 2 is 2.33 bits per heavy atom. The summed E-state index contributed by atoms with van der Waals surface area (Å²) in [5.74, 6) is 0.0888. The number of allylic oxidation sites excluding steroid dienone is 1. The summed E-state index contributed by atoms with van der Waals surface area (Å²) in [5.41, 5.74) is 5.20. The summed E-state index contributed by atoms with van der Waals surface area (Å²) in [6, 6.07) is 0. The van der Waals surface area contributed by atoms with Crippen LogP contribution in [0.5, 0.6) is 0 Å². The molecule has 0 rings (SSSR count). The molecule has 0 atom stereocenters. The van der Waals surface area contributed by atoms with Gasteiger partial charge in [0.15, 0.2) is 11.7 Å². The maximum absolute atomic E-state index is 10.3. The number of ether oxygens (including phenoxy) is 1. The third-order valence-corrected chi connectivity index (χ3v) is 0.657. The van der Waals surface area contributed by atoms with E-state index in [1.807, 2.05) is 0 Å². The number of carbonyl (C=O) groups excluding carboxylic acids is 1. The van der Waals surface area contributed by atoms with E-state index in [0.717, 1.165) is 0 Å². The summed E-state index contributed by atoms with van der Waals surface area (Å²) in [6.45, 7) is 3.72. The topological polar surface area (TPSA) is 52.3 Å². The third kappa shape index (κ3) is 4.87. The van der Waals surface area contributed by atoms with E-state index < -0.39 is 0 Å². The number of hydrogen-bond donors (Lipinski definition) is 1.